The summed E-state index contributed by atoms with van der Waals surface area (Å²) in [5.41, 5.74) is 1.90. The van der Waals surface area contributed by atoms with Crippen LogP contribution in [0, 0.1) is 0 Å². The summed E-state index contributed by atoms with van der Waals surface area (Å²) in [6.45, 7) is 1.97. The number of nitrogens with zero attached hydrogens (tertiary/aromatic N) is 3. The number of amides is 1. The first kappa shape index (κ1) is 20.7. The second-order valence-electron chi connectivity index (χ2n) is 6.81. The number of ether oxygens (including phenoxy) is 1. The van der Waals surface area contributed by atoms with Crippen LogP contribution >= 0.6 is 11.8 Å². The molecule has 1 amide bonds. The van der Waals surface area contributed by atoms with Gasteiger partial charge in [-0.15, -0.1) is 10.2 Å². The fourth-order valence-corrected chi connectivity index (χ4v) is 3.89. The molecule has 1 atom stereocenters. The quantitative estimate of drug-likeness (QED) is 0.411. The number of nitrogens with one attached hydrogen (secondary N) is 1. The van der Waals surface area contributed by atoms with E-state index in [1.807, 2.05) is 72.2 Å². The molecule has 1 unspecified atom stereocenters. The van der Waals surface area contributed by atoms with Gasteiger partial charge in [0, 0.05) is 0 Å². The molecule has 0 radical (unpaired) electrons. The van der Waals surface area contributed by atoms with E-state index < -0.39 is 0 Å². The number of benzene rings is 2. The number of carbonyl (C=O) groups is 1. The molecule has 7 nitrogen and oxygen atoms in total. The van der Waals surface area contributed by atoms with Crippen LogP contribution in [0.15, 0.2) is 82.6 Å². The first-order chi connectivity index (χ1) is 15.2. The summed E-state index contributed by atoms with van der Waals surface area (Å²) < 4.78 is 12.7. The Kier molecular flexibility index (Phi) is 6.37. The van der Waals surface area contributed by atoms with Gasteiger partial charge in [-0.1, -0.05) is 42.1 Å². The summed E-state index contributed by atoms with van der Waals surface area (Å²) in [4.78, 5) is 12.5. The fourth-order valence-electron chi connectivity index (χ4n) is 3.13. The van der Waals surface area contributed by atoms with Gasteiger partial charge in [-0.05, 0) is 48.9 Å². The first-order valence-electron chi connectivity index (χ1n) is 9.76. The monoisotopic (exact) mass is 434 g/mol. The SMILES string of the molecule is COc1ccc(-n2c(SCC(=O)NC(C)c3ccccc3)nnc2-c2ccco2)cc1. The zero-order valence-electron chi connectivity index (χ0n) is 17.2. The van der Waals surface area contributed by atoms with E-state index in [9.17, 15) is 4.79 Å². The summed E-state index contributed by atoms with van der Waals surface area (Å²) in [6.07, 6.45) is 1.59. The smallest absolute Gasteiger partial charge is 0.230 e. The van der Waals surface area contributed by atoms with Crippen LogP contribution in [0.3, 0.4) is 0 Å². The van der Waals surface area contributed by atoms with Crippen LogP contribution in [0.25, 0.3) is 17.3 Å². The van der Waals surface area contributed by atoms with Gasteiger partial charge in [-0.25, -0.2) is 0 Å². The maximum Gasteiger partial charge on any atom is 0.230 e. The molecular formula is C23H22N4O3S. The van der Waals surface area contributed by atoms with Crippen molar-refractivity contribution >= 4 is 17.7 Å². The molecule has 0 fully saturated rings. The third-order valence-electron chi connectivity index (χ3n) is 4.71. The predicted octanol–water partition coefficient (Wildman–Crippen LogP) is 4.51. The van der Waals surface area contributed by atoms with Gasteiger partial charge in [0.05, 0.1) is 30.9 Å². The molecule has 8 heteroatoms. The van der Waals surface area contributed by atoms with E-state index in [-0.39, 0.29) is 17.7 Å². The van der Waals surface area contributed by atoms with Gasteiger partial charge in [0.25, 0.3) is 0 Å². The molecule has 31 heavy (non-hydrogen) atoms. The highest BCUT2D eigenvalue weighted by molar-refractivity contribution is 7.99. The third kappa shape index (κ3) is 4.80. The number of methoxy groups -OCH3 is 1. The molecule has 1 N–H and O–H groups in total. The van der Waals surface area contributed by atoms with Gasteiger partial charge in [0.15, 0.2) is 10.9 Å². The lowest BCUT2D eigenvalue weighted by Gasteiger charge is -2.14. The van der Waals surface area contributed by atoms with Crippen molar-refractivity contribution in [3.8, 4) is 23.0 Å². The van der Waals surface area contributed by atoms with Crippen molar-refractivity contribution in [2.45, 2.75) is 18.1 Å². The normalized spacial score (nSPS) is 11.8. The molecular weight excluding hydrogens is 412 g/mol. The van der Waals surface area contributed by atoms with Gasteiger partial charge in [0.2, 0.25) is 11.7 Å². The highest BCUT2D eigenvalue weighted by Crippen LogP contribution is 2.29. The van der Waals surface area contributed by atoms with Crippen molar-refractivity contribution in [1.82, 2.24) is 20.1 Å². The Hall–Kier alpha value is -3.52. The van der Waals surface area contributed by atoms with Crippen molar-refractivity contribution in [2.24, 2.45) is 0 Å². The highest BCUT2D eigenvalue weighted by Gasteiger charge is 2.19. The first-order valence-corrected chi connectivity index (χ1v) is 10.7. The Bertz CT molecular complexity index is 1130. The number of thioether (sulfide) groups is 1. The molecule has 0 bridgehead atoms. The van der Waals surface area contributed by atoms with Crippen LogP contribution < -0.4 is 10.1 Å². The zero-order valence-corrected chi connectivity index (χ0v) is 18.0. The molecule has 0 aliphatic rings. The Morgan fingerprint density at radius 2 is 1.87 bits per heavy atom. The summed E-state index contributed by atoms with van der Waals surface area (Å²) in [5, 5.41) is 12.2. The second kappa shape index (κ2) is 9.53. The van der Waals surface area contributed by atoms with E-state index in [0.29, 0.717) is 16.7 Å². The van der Waals surface area contributed by atoms with E-state index in [1.54, 1.807) is 19.4 Å². The molecule has 0 spiro atoms. The van der Waals surface area contributed by atoms with Gasteiger partial charge >= 0.3 is 0 Å². The number of hydrogen-bond donors (Lipinski definition) is 1. The van der Waals surface area contributed by atoms with Gasteiger partial charge in [-0.3, -0.25) is 9.36 Å². The minimum atomic E-state index is -0.0785. The molecule has 2 aromatic carbocycles. The number of carbonyl (C=O) groups excluding carboxylic acids is 1. The van der Waals surface area contributed by atoms with Crippen molar-refractivity contribution < 1.29 is 13.9 Å². The van der Waals surface area contributed by atoms with E-state index in [1.165, 1.54) is 11.8 Å². The molecule has 0 aliphatic heterocycles. The van der Waals surface area contributed by atoms with Crippen LogP contribution in [0.4, 0.5) is 0 Å². The lowest BCUT2D eigenvalue weighted by Crippen LogP contribution is -2.28. The van der Waals surface area contributed by atoms with E-state index >= 15 is 0 Å². The number of furan rings is 1. The molecule has 2 heterocycles. The molecule has 158 valence electrons. The summed E-state index contributed by atoms with van der Waals surface area (Å²) in [5.74, 6) is 2.04. The Morgan fingerprint density at radius 3 is 2.55 bits per heavy atom. The lowest BCUT2D eigenvalue weighted by atomic mass is 10.1. The van der Waals surface area contributed by atoms with Crippen LogP contribution in [-0.2, 0) is 4.79 Å². The van der Waals surface area contributed by atoms with Gasteiger partial charge in [-0.2, -0.15) is 0 Å². The van der Waals surface area contributed by atoms with Gasteiger partial charge < -0.3 is 14.5 Å². The number of hydrogen-bond acceptors (Lipinski definition) is 6. The molecule has 4 aromatic rings. The second-order valence-corrected chi connectivity index (χ2v) is 7.75. The standard InChI is InChI=1S/C23H22N4O3S/c1-16(17-7-4-3-5-8-17)24-21(28)15-31-23-26-25-22(20-9-6-14-30-20)27(23)18-10-12-19(29-2)13-11-18/h3-14,16H,15H2,1-2H3,(H,24,28). The van der Waals surface area contributed by atoms with Gasteiger partial charge in [0.1, 0.15) is 5.75 Å². The highest BCUT2D eigenvalue weighted by atomic mass is 32.2. The number of aromatic nitrogens is 3. The van der Waals surface area contributed by atoms with E-state index in [4.69, 9.17) is 9.15 Å². The van der Waals surface area contributed by atoms with E-state index in [0.717, 1.165) is 17.0 Å². The average molecular weight is 435 g/mol. The van der Waals surface area contributed by atoms with Crippen molar-refractivity contribution in [1.29, 1.82) is 0 Å². The molecule has 2 aromatic heterocycles. The topological polar surface area (TPSA) is 82.2 Å². The molecule has 4 rings (SSSR count). The van der Waals surface area contributed by atoms with Crippen LogP contribution in [0.1, 0.15) is 18.5 Å². The fraction of sp³-hybridized carbons (Fsp3) is 0.174. The van der Waals surface area contributed by atoms with Crippen LogP contribution in [-0.4, -0.2) is 33.5 Å². The molecule has 0 aliphatic carbocycles. The lowest BCUT2D eigenvalue weighted by molar-refractivity contribution is -0.119. The number of rotatable bonds is 8. The minimum Gasteiger partial charge on any atom is -0.497 e. The van der Waals surface area contributed by atoms with Crippen molar-refractivity contribution in [3.63, 3.8) is 0 Å². The summed E-state index contributed by atoms with van der Waals surface area (Å²) >= 11 is 1.32. The molecule has 0 saturated carbocycles. The van der Waals surface area contributed by atoms with Crippen molar-refractivity contribution in [3.05, 3.63) is 78.6 Å². The average Bonchev–Trinajstić information content (AvgIpc) is 3.48. The van der Waals surface area contributed by atoms with E-state index in [2.05, 4.69) is 15.5 Å². The summed E-state index contributed by atoms with van der Waals surface area (Å²) in [7, 11) is 1.62. The maximum atomic E-state index is 12.5. The van der Waals surface area contributed by atoms with Crippen LogP contribution in [0.2, 0.25) is 0 Å². The maximum absolute atomic E-state index is 12.5. The summed E-state index contributed by atoms with van der Waals surface area (Å²) in [6, 6.07) is 21.0. The minimum absolute atomic E-state index is 0.0764. The Labute approximate surface area is 184 Å². The largest absolute Gasteiger partial charge is 0.497 e. The Balaban J connectivity index is 1.53. The van der Waals surface area contributed by atoms with Crippen LogP contribution in [0.5, 0.6) is 5.75 Å². The Morgan fingerprint density at radius 1 is 1.10 bits per heavy atom. The predicted molar refractivity (Wildman–Crippen MR) is 119 cm³/mol. The zero-order chi connectivity index (χ0) is 21.6. The van der Waals surface area contributed by atoms with Crippen molar-refractivity contribution in [2.75, 3.05) is 12.9 Å². The third-order valence-corrected chi connectivity index (χ3v) is 5.64. The molecule has 0 saturated heterocycles.